The molecule has 1 N–H and O–H groups in total. The van der Waals surface area contributed by atoms with Crippen LogP contribution in [0.25, 0.3) is 0 Å². The molecule has 0 radical (unpaired) electrons. The average Bonchev–Trinajstić information content (AvgIpc) is 2.64. The van der Waals surface area contributed by atoms with Crippen molar-refractivity contribution in [3.05, 3.63) is 28.5 Å². The fourth-order valence-corrected chi connectivity index (χ4v) is 2.57. The number of piperidine rings is 1. The van der Waals surface area contributed by atoms with Crippen molar-refractivity contribution in [2.24, 2.45) is 0 Å². The first-order chi connectivity index (χ1) is 9.50. The summed E-state index contributed by atoms with van der Waals surface area (Å²) in [4.78, 5) is 52.0. The third kappa shape index (κ3) is 1.70. The second-order valence-electron chi connectivity index (χ2n) is 4.46. The number of rotatable bonds is 1. The third-order valence-corrected chi connectivity index (χ3v) is 3.59. The number of carbonyl (C=O) groups excluding carboxylic acids is 4. The zero-order chi connectivity index (χ0) is 14.4. The largest absolute Gasteiger partial charge is 0.295 e. The molecule has 0 aromatic carbocycles. The molecular weight excluding hydrogens is 286 g/mol. The normalized spacial score (nSPS) is 22.1. The van der Waals surface area contributed by atoms with E-state index in [2.05, 4.69) is 10.3 Å². The highest BCUT2D eigenvalue weighted by atomic mass is 35.5. The van der Waals surface area contributed by atoms with Crippen LogP contribution < -0.4 is 5.32 Å². The highest BCUT2D eigenvalue weighted by Gasteiger charge is 2.46. The Hall–Kier alpha value is -2.28. The Labute approximate surface area is 117 Å². The lowest BCUT2D eigenvalue weighted by molar-refractivity contribution is -0.136. The van der Waals surface area contributed by atoms with Crippen molar-refractivity contribution in [1.82, 2.24) is 15.2 Å². The standard InChI is InChI=1S/C12H8ClN3O4/c13-5-3-4-14-9-8(5)11(19)16(12(9)20)6-1-2-7(17)15-10(6)18/h3-4,6H,1-2H2,(H,15,17,18). The molecule has 0 spiro atoms. The average molecular weight is 294 g/mol. The molecule has 0 aliphatic carbocycles. The molecule has 0 saturated carbocycles. The number of aromatic nitrogens is 1. The zero-order valence-corrected chi connectivity index (χ0v) is 10.8. The smallest absolute Gasteiger partial charge is 0.280 e. The monoisotopic (exact) mass is 293 g/mol. The predicted molar refractivity (Wildman–Crippen MR) is 65.9 cm³/mol. The molecule has 1 aromatic rings. The number of carbonyl (C=O) groups is 4. The minimum atomic E-state index is -1.00. The van der Waals surface area contributed by atoms with E-state index in [1.54, 1.807) is 0 Å². The molecule has 0 bridgehead atoms. The van der Waals surface area contributed by atoms with Crippen molar-refractivity contribution >= 4 is 35.2 Å². The SMILES string of the molecule is O=C1CCC(N2C(=O)c3nccc(Cl)c3C2=O)C(=O)N1. The molecule has 2 aliphatic rings. The van der Waals surface area contributed by atoms with Crippen LogP contribution in [-0.4, -0.2) is 39.6 Å². The van der Waals surface area contributed by atoms with Gasteiger partial charge >= 0.3 is 0 Å². The van der Waals surface area contributed by atoms with Gasteiger partial charge in [-0.2, -0.15) is 0 Å². The molecule has 1 unspecified atom stereocenters. The number of pyridine rings is 1. The van der Waals surface area contributed by atoms with Crippen LogP contribution in [0, 0.1) is 0 Å². The first-order valence-electron chi connectivity index (χ1n) is 5.87. The van der Waals surface area contributed by atoms with E-state index in [0.29, 0.717) is 0 Å². The molecule has 1 atom stereocenters. The van der Waals surface area contributed by atoms with E-state index in [9.17, 15) is 19.2 Å². The summed E-state index contributed by atoms with van der Waals surface area (Å²) in [5.74, 6) is -2.40. The van der Waals surface area contributed by atoms with E-state index in [0.717, 1.165) is 4.90 Å². The maximum Gasteiger partial charge on any atom is 0.280 e. The summed E-state index contributed by atoms with van der Waals surface area (Å²) >= 11 is 5.90. The number of nitrogens with zero attached hydrogens (tertiary/aromatic N) is 2. The maximum atomic E-state index is 12.3. The summed E-state index contributed by atoms with van der Waals surface area (Å²) in [7, 11) is 0. The van der Waals surface area contributed by atoms with Gasteiger partial charge in [0.2, 0.25) is 11.8 Å². The van der Waals surface area contributed by atoms with Crippen LogP contribution in [0.4, 0.5) is 0 Å². The lowest BCUT2D eigenvalue weighted by atomic mass is 10.0. The molecule has 7 nitrogen and oxygen atoms in total. The van der Waals surface area contributed by atoms with E-state index >= 15 is 0 Å². The highest BCUT2D eigenvalue weighted by Crippen LogP contribution is 2.30. The Morgan fingerprint density at radius 1 is 1.25 bits per heavy atom. The maximum absolute atomic E-state index is 12.3. The minimum absolute atomic E-state index is 0.00358. The van der Waals surface area contributed by atoms with Crippen molar-refractivity contribution in [2.45, 2.75) is 18.9 Å². The van der Waals surface area contributed by atoms with Crippen LogP contribution in [0.15, 0.2) is 12.3 Å². The highest BCUT2D eigenvalue weighted by molar-refractivity contribution is 6.37. The van der Waals surface area contributed by atoms with E-state index in [1.165, 1.54) is 12.3 Å². The Morgan fingerprint density at radius 3 is 2.65 bits per heavy atom. The summed E-state index contributed by atoms with van der Waals surface area (Å²) in [5.41, 5.74) is -0.0592. The van der Waals surface area contributed by atoms with Crippen LogP contribution in [-0.2, 0) is 9.59 Å². The Bertz CT molecular complexity index is 673. The molecule has 1 saturated heterocycles. The summed E-state index contributed by atoms with van der Waals surface area (Å²) in [6, 6.07) is 0.400. The number of hydrogen-bond donors (Lipinski definition) is 1. The quantitative estimate of drug-likeness (QED) is 0.743. The Kier molecular flexibility index (Phi) is 2.79. The van der Waals surface area contributed by atoms with Crippen molar-refractivity contribution in [3.8, 4) is 0 Å². The second kappa shape index (κ2) is 4.38. The predicted octanol–water partition coefficient (Wildman–Crippen LogP) is 0.136. The molecule has 1 fully saturated rings. The van der Waals surface area contributed by atoms with Crippen molar-refractivity contribution in [1.29, 1.82) is 0 Å². The minimum Gasteiger partial charge on any atom is -0.295 e. The molecule has 1 aromatic heterocycles. The number of amides is 4. The van der Waals surface area contributed by atoms with E-state index in [4.69, 9.17) is 11.6 Å². The van der Waals surface area contributed by atoms with Gasteiger partial charge in [-0.25, -0.2) is 0 Å². The van der Waals surface area contributed by atoms with E-state index in [-0.39, 0.29) is 29.1 Å². The van der Waals surface area contributed by atoms with Gasteiger partial charge in [-0.3, -0.25) is 34.4 Å². The number of nitrogens with one attached hydrogen (secondary N) is 1. The van der Waals surface area contributed by atoms with Gasteiger partial charge in [0.1, 0.15) is 11.7 Å². The van der Waals surface area contributed by atoms with Gasteiger partial charge in [0.25, 0.3) is 11.8 Å². The lowest BCUT2D eigenvalue weighted by Gasteiger charge is -2.27. The van der Waals surface area contributed by atoms with Gasteiger partial charge in [0.05, 0.1) is 10.6 Å². The fourth-order valence-electron chi connectivity index (χ4n) is 2.34. The molecule has 4 amide bonds. The van der Waals surface area contributed by atoms with Crippen LogP contribution in [0.3, 0.4) is 0 Å². The second-order valence-corrected chi connectivity index (χ2v) is 4.87. The van der Waals surface area contributed by atoms with Gasteiger partial charge in [-0.1, -0.05) is 11.6 Å². The zero-order valence-electron chi connectivity index (χ0n) is 10.1. The van der Waals surface area contributed by atoms with Crippen molar-refractivity contribution in [2.75, 3.05) is 0 Å². The summed E-state index contributed by atoms with van der Waals surface area (Å²) in [6.45, 7) is 0. The summed E-state index contributed by atoms with van der Waals surface area (Å²) in [6.07, 6.45) is 1.50. The van der Waals surface area contributed by atoms with Crippen molar-refractivity contribution < 1.29 is 19.2 Å². The molecule has 3 rings (SSSR count). The van der Waals surface area contributed by atoms with Crippen LogP contribution in [0.1, 0.15) is 33.7 Å². The van der Waals surface area contributed by atoms with E-state index < -0.39 is 29.7 Å². The summed E-state index contributed by atoms with van der Waals surface area (Å²) in [5, 5.41) is 2.23. The number of halogens is 1. The van der Waals surface area contributed by atoms with Crippen LogP contribution in [0.5, 0.6) is 0 Å². The number of hydrogen-bond acceptors (Lipinski definition) is 5. The van der Waals surface area contributed by atoms with Gasteiger partial charge < -0.3 is 0 Å². The van der Waals surface area contributed by atoms with Gasteiger partial charge in [-0.05, 0) is 12.5 Å². The first-order valence-corrected chi connectivity index (χ1v) is 6.24. The van der Waals surface area contributed by atoms with E-state index in [1.807, 2.05) is 0 Å². The third-order valence-electron chi connectivity index (χ3n) is 3.28. The number of imide groups is 2. The molecular formula is C12H8ClN3O4. The fraction of sp³-hybridized carbons (Fsp3) is 0.250. The van der Waals surface area contributed by atoms with Gasteiger partial charge in [-0.15, -0.1) is 0 Å². The molecule has 20 heavy (non-hydrogen) atoms. The lowest BCUT2D eigenvalue weighted by Crippen LogP contribution is -2.54. The Morgan fingerprint density at radius 2 is 2.00 bits per heavy atom. The van der Waals surface area contributed by atoms with Crippen molar-refractivity contribution in [3.63, 3.8) is 0 Å². The topological polar surface area (TPSA) is 96.4 Å². The Balaban J connectivity index is 2.00. The van der Waals surface area contributed by atoms with Crippen LogP contribution in [0.2, 0.25) is 5.02 Å². The molecule has 3 heterocycles. The molecule has 102 valence electrons. The summed E-state index contributed by atoms with van der Waals surface area (Å²) < 4.78 is 0. The molecule has 8 heteroatoms. The van der Waals surface area contributed by atoms with Gasteiger partial charge in [0.15, 0.2) is 0 Å². The molecule has 2 aliphatic heterocycles. The van der Waals surface area contributed by atoms with Gasteiger partial charge in [0, 0.05) is 12.6 Å². The first kappa shape index (κ1) is 12.7. The van der Waals surface area contributed by atoms with Crippen LogP contribution >= 0.6 is 11.6 Å². The number of fused-ring (bicyclic) bond motifs is 1.